The van der Waals surface area contributed by atoms with Crippen LogP contribution in [0.15, 0.2) is 84.9 Å². The Morgan fingerprint density at radius 3 is 1.80 bits per heavy atom. The minimum Gasteiger partial charge on any atom is -0.444 e. The molecule has 2 aliphatic heterocycles. The molecule has 15 nitrogen and oxygen atoms in total. The van der Waals surface area contributed by atoms with Crippen LogP contribution < -0.4 is 20.9 Å². The van der Waals surface area contributed by atoms with Crippen LogP contribution in [0.25, 0.3) is 11.1 Å². The van der Waals surface area contributed by atoms with Crippen molar-refractivity contribution in [2.24, 2.45) is 0 Å². The van der Waals surface area contributed by atoms with Gasteiger partial charge in [-0.3, -0.25) is 14.4 Å². The lowest BCUT2D eigenvalue weighted by atomic mass is 9.88. The maximum Gasteiger partial charge on any atom is 0.410 e. The molecule has 2 aliphatic rings. The number of benzene rings is 4. The van der Waals surface area contributed by atoms with Gasteiger partial charge in [-0.05, 0) is 135 Å². The fraction of sp³-hybridized carbons (Fsp3) is 0.472. The van der Waals surface area contributed by atoms with Crippen LogP contribution in [-0.4, -0.2) is 126 Å². The van der Waals surface area contributed by atoms with E-state index in [-0.39, 0.29) is 35.9 Å². The molecule has 0 unspecified atom stereocenters. The molecule has 6 rings (SSSR count). The number of nitrogens with one attached hydrogen (secondary N) is 3. The number of halogens is 1. The van der Waals surface area contributed by atoms with Crippen molar-refractivity contribution in [2.75, 3.05) is 95.9 Å². The second-order valence-corrected chi connectivity index (χ2v) is 18.5. The molecule has 0 aliphatic carbocycles. The molecule has 4 aromatic rings. The van der Waals surface area contributed by atoms with Crippen LogP contribution in [0.3, 0.4) is 0 Å². The zero-order chi connectivity index (χ0) is 49.2. The predicted octanol–water partition coefficient (Wildman–Crippen LogP) is 8.23. The van der Waals surface area contributed by atoms with Gasteiger partial charge in [-0.15, -0.1) is 0 Å². The van der Waals surface area contributed by atoms with E-state index < -0.39 is 5.60 Å². The number of aryl methyl sites for hydroxylation is 1. The molecule has 0 saturated heterocycles. The van der Waals surface area contributed by atoms with Crippen LogP contribution in [0.5, 0.6) is 0 Å². The molecule has 4 amide bonds. The van der Waals surface area contributed by atoms with Crippen molar-refractivity contribution in [3.63, 3.8) is 0 Å². The van der Waals surface area contributed by atoms with Crippen molar-refractivity contribution in [3.8, 4) is 11.1 Å². The first-order chi connectivity index (χ1) is 33.3. The fourth-order valence-corrected chi connectivity index (χ4v) is 8.39. The molecule has 0 bridgehead atoms. The zero-order valence-electron chi connectivity index (χ0n) is 40.6. The Morgan fingerprint density at radius 1 is 0.667 bits per heavy atom. The molecule has 2 heterocycles. The molecule has 0 saturated carbocycles. The number of amides is 4. The van der Waals surface area contributed by atoms with Crippen LogP contribution in [0.2, 0.25) is 5.02 Å². The Hall–Kier alpha value is -5.55. The summed E-state index contributed by atoms with van der Waals surface area (Å²) < 4.78 is 33.5. The summed E-state index contributed by atoms with van der Waals surface area (Å²) in [6, 6.07) is 26.9. The van der Waals surface area contributed by atoms with Crippen LogP contribution >= 0.6 is 11.6 Å². The summed E-state index contributed by atoms with van der Waals surface area (Å²) in [5, 5.41) is 10.1. The SMILES string of the molecule is CC(=O)N1c2ccc(-c3ccc(C(=O)NCCOCCOCCOCCOCCOCCNC(=O)c4ccc5c(c4)CN(C(=O)OC(C)(C)C)CCC5)cc3)cc2[C@H](Nc2ccc(Cl)cc2)C[C@@H]1C. The maximum atomic E-state index is 12.9. The highest BCUT2D eigenvalue weighted by atomic mass is 35.5. The number of hydrogen-bond donors (Lipinski definition) is 3. The standard InChI is InChI=1S/C53H68ClN5O10/c1-37-33-48(57-46-17-15-45(54)16-18-46)47-35-42(14-19-49(47)59(37)38(2)60)40-8-11-41(12-9-40)50(61)55-20-23-64-25-27-66-29-31-68-32-30-67-28-26-65-24-21-56-51(62)43-13-10-39-7-6-22-58(36-44(39)34-43)52(63)69-53(3,4)5/h8-19,34-35,37,48,57H,6-7,20-33,36H2,1-5H3,(H,55,61)(H,56,62)/t37-,48+/m0/s1. The van der Waals surface area contributed by atoms with Gasteiger partial charge in [-0.1, -0.05) is 35.9 Å². The Kier molecular flexibility index (Phi) is 20.2. The highest BCUT2D eigenvalue weighted by Crippen LogP contribution is 2.41. The number of anilines is 2. The summed E-state index contributed by atoms with van der Waals surface area (Å²) >= 11 is 6.12. The lowest BCUT2D eigenvalue weighted by Crippen LogP contribution is -2.43. The molecular formula is C53H68ClN5O10. The third-order valence-electron chi connectivity index (χ3n) is 11.6. The summed E-state index contributed by atoms with van der Waals surface area (Å²) in [7, 11) is 0. The minimum atomic E-state index is -0.570. The quantitative estimate of drug-likeness (QED) is 0.0613. The van der Waals surface area contributed by atoms with Crippen LogP contribution in [0.1, 0.15) is 90.9 Å². The van der Waals surface area contributed by atoms with Gasteiger partial charge in [0, 0.05) is 66.7 Å². The van der Waals surface area contributed by atoms with Gasteiger partial charge in [-0.2, -0.15) is 0 Å². The number of rotatable bonds is 23. The molecule has 0 radical (unpaired) electrons. The first-order valence-electron chi connectivity index (χ1n) is 23.9. The van der Waals surface area contributed by atoms with Crippen molar-refractivity contribution < 1.29 is 47.6 Å². The first kappa shape index (κ1) is 52.8. The number of hydrogen-bond acceptors (Lipinski definition) is 11. The van der Waals surface area contributed by atoms with Crippen molar-refractivity contribution in [3.05, 3.63) is 118 Å². The zero-order valence-corrected chi connectivity index (χ0v) is 41.4. The van der Waals surface area contributed by atoms with E-state index in [1.165, 1.54) is 0 Å². The number of fused-ring (bicyclic) bond motifs is 2. The van der Waals surface area contributed by atoms with Gasteiger partial charge in [0.1, 0.15) is 5.60 Å². The smallest absolute Gasteiger partial charge is 0.410 e. The van der Waals surface area contributed by atoms with Gasteiger partial charge in [0.25, 0.3) is 11.8 Å². The van der Waals surface area contributed by atoms with E-state index in [4.69, 9.17) is 40.0 Å². The Labute approximate surface area is 411 Å². The molecule has 372 valence electrons. The van der Waals surface area contributed by atoms with Crippen LogP contribution in [0.4, 0.5) is 16.2 Å². The van der Waals surface area contributed by atoms with Crippen LogP contribution in [-0.2, 0) is 46.2 Å². The highest BCUT2D eigenvalue weighted by Gasteiger charge is 2.33. The van der Waals surface area contributed by atoms with Crippen LogP contribution in [0, 0.1) is 0 Å². The summed E-state index contributed by atoms with van der Waals surface area (Å²) in [5.41, 5.74) is 7.45. The van der Waals surface area contributed by atoms with E-state index in [0.717, 1.165) is 58.5 Å². The number of nitrogens with zero attached hydrogens (tertiary/aromatic N) is 2. The van der Waals surface area contributed by atoms with E-state index in [9.17, 15) is 19.2 Å². The largest absolute Gasteiger partial charge is 0.444 e. The highest BCUT2D eigenvalue weighted by molar-refractivity contribution is 6.30. The third kappa shape index (κ3) is 16.5. The van der Waals surface area contributed by atoms with E-state index in [1.807, 2.05) is 105 Å². The van der Waals surface area contributed by atoms with Gasteiger partial charge in [0.05, 0.1) is 72.1 Å². The molecule has 2 atom stereocenters. The van der Waals surface area contributed by atoms with E-state index in [0.29, 0.717) is 108 Å². The van der Waals surface area contributed by atoms with Gasteiger partial charge in [-0.25, -0.2) is 4.79 Å². The second-order valence-electron chi connectivity index (χ2n) is 18.1. The molecular weight excluding hydrogens is 902 g/mol. The molecule has 0 aromatic heterocycles. The summed E-state index contributed by atoms with van der Waals surface area (Å²) in [6.07, 6.45) is 2.08. The second kappa shape index (κ2) is 26.4. The fourth-order valence-electron chi connectivity index (χ4n) is 8.27. The molecule has 69 heavy (non-hydrogen) atoms. The normalized spacial score (nSPS) is 15.7. The summed E-state index contributed by atoms with van der Waals surface area (Å²) in [6.45, 7) is 14.9. The van der Waals surface area contributed by atoms with Gasteiger partial charge < -0.3 is 54.2 Å². The van der Waals surface area contributed by atoms with Crippen molar-refractivity contribution in [2.45, 2.75) is 78.1 Å². The lowest BCUT2D eigenvalue weighted by molar-refractivity contribution is -0.117. The van der Waals surface area contributed by atoms with Gasteiger partial charge in [0.15, 0.2) is 0 Å². The monoisotopic (exact) mass is 969 g/mol. The average Bonchev–Trinajstić information content (AvgIpc) is 3.55. The Balaban J connectivity index is 0.763. The predicted molar refractivity (Wildman–Crippen MR) is 267 cm³/mol. The Morgan fingerprint density at radius 2 is 1.22 bits per heavy atom. The third-order valence-corrected chi connectivity index (χ3v) is 11.8. The maximum absolute atomic E-state index is 12.9. The molecule has 0 spiro atoms. The number of carbonyl (C=O) groups is 4. The van der Waals surface area contributed by atoms with Crippen molar-refractivity contribution in [1.29, 1.82) is 0 Å². The summed E-state index contributed by atoms with van der Waals surface area (Å²) in [5.74, 6) is -0.372. The molecule has 0 fully saturated rings. The van der Waals surface area contributed by atoms with Gasteiger partial charge in [0.2, 0.25) is 5.91 Å². The van der Waals surface area contributed by atoms with E-state index in [1.54, 1.807) is 11.8 Å². The van der Waals surface area contributed by atoms with Crippen molar-refractivity contribution in [1.82, 2.24) is 15.5 Å². The molecule has 4 aromatic carbocycles. The molecule has 3 N–H and O–H groups in total. The minimum absolute atomic E-state index is 0.00542. The average molecular weight is 971 g/mol. The first-order valence-corrected chi connectivity index (χ1v) is 24.2. The topological polar surface area (TPSA) is 166 Å². The Bertz CT molecular complexity index is 2310. The lowest BCUT2D eigenvalue weighted by Gasteiger charge is -2.39. The molecule has 16 heteroatoms. The summed E-state index contributed by atoms with van der Waals surface area (Å²) in [4.78, 5) is 54.6. The van der Waals surface area contributed by atoms with Crippen molar-refractivity contribution >= 4 is 46.8 Å². The number of carbonyl (C=O) groups excluding carboxylic acids is 4. The van der Waals surface area contributed by atoms with E-state index >= 15 is 0 Å². The van der Waals surface area contributed by atoms with Gasteiger partial charge >= 0.3 is 6.09 Å². The van der Waals surface area contributed by atoms with E-state index in [2.05, 4.69) is 28.9 Å². The number of ether oxygens (including phenoxy) is 6.